The molecule has 1 atom stereocenters. The van der Waals surface area contributed by atoms with Crippen molar-refractivity contribution in [1.82, 2.24) is 5.32 Å². The highest BCUT2D eigenvalue weighted by Gasteiger charge is 2.35. The first kappa shape index (κ1) is 18.0. The second-order valence-electron chi connectivity index (χ2n) is 7.16. The average Bonchev–Trinajstić information content (AvgIpc) is 3.37. The number of amides is 2. The van der Waals surface area contributed by atoms with Gasteiger partial charge in [0.25, 0.3) is 0 Å². The normalized spacial score (nSPS) is 18.1. The van der Waals surface area contributed by atoms with E-state index in [9.17, 15) is 9.59 Å². The number of fused-ring (bicyclic) bond motifs is 3. The first-order valence-corrected chi connectivity index (χ1v) is 10.6. The van der Waals surface area contributed by atoms with E-state index >= 15 is 0 Å². The molecule has 27 heavy (non-hydrogen) atoms. The maximum atomic E-state index is 12.8. The molecule has 6 heteroatoms. The van der Waals surface area contributed by atoms with Gasteiger partial charge >= 0.3 is 0 Å². The fraction of sp³-hybridized carbons (Fsp3) is 0.429. The van der Waals surface area contributed by atoms with E-state index in [1.807, 2.05) is 34.5 Å². The van der Waals surface area contributed by atoms with Crippen LogP contribution in [0.25, 0.3) is 0 Å². The van der Waals surface area contributed by atoms with E-state index < -0.39 is 0 Å². The van der Waals surface area contributed by atoms with Gasteiger partial charge in [-0.1, -0.05) is 18.2 Å². The summed E-state index contributed by atoms with van der Waals surface area (Å²) in [7, 11) is 0. The topological polar surface area (TPSA) is 52.7 Å². The van der Waals surface area contributed by atoms with Crippen LogP contribution in [0.15, 0.2) is 41.8 Å². The first-order chi connectivity index (χ1) is 13.2. The van der Waals surface area contributed by atoms with Crippen LogP contribution >= 0.6 is 11.3 Å². The molecule has 0 radical (unpaired) electrons. The van der Waals surface area contributed by atoms with Crippen LogP contribution in [0.4, 0.5) is 11.4 Å². The Morgan fingerprint density at radius 1 is 1.11 bits per heavy atom. The van der Waals surface area contributed by atoms with Gasteiger partial charge in [0.1, 0.15) is 0 Å². The number of para-hydroxylation sites is 2. The number of carbonyl (C=O) groups is 2. The summed E-state index contributed by atoms with van der Waals surface area (Å²) in [5.41, 5.74) is 2.14. The van der Waals surface area contributed by atoms with Gasteiger partial charge in [-0.2, -0.15) is 0 Å². The van der Waals surface area contributed by atoms with E-state index in [1.54, 1.807) is 11.3 Å². The molecule has 142 valence electrons. The van der Waals surface area contributed by atoms with Crippen molar-refractivity contribution in [2.24, 2.45) is 0 Å². The van der Waals surface area contributed by atoms with Crippen molar-refractivity contribution >= 4 is 34.5 Å². The fourth-order valence-corrected chi connectivity index (χ4v) is 4.76. The summed E-state index contributed by atoms with van der Waals surface area (Å²) < 4.78 is 0. The lowest BCUT2D eigenvalue weighted by Gasteiger charge is -2.40. The minimum absolute atomic E-state index is 0.0439. The maximum absolute atomic E-state index is 12.8. The molecule has 2 amide bonds. The van der Waals surface area contributed by atoms with Gasteiger partial charge in [0.15, 0.2) is 0 Å². The summed E-state index contributed by atoms with van der Waals surface area (Å²) in [5, 5.41) is 4.96. The van der Waals surface area contributed by atoms with Crippen LogP contribution in [-0.2, 0) is 16.0 Å². The molecule has 0 bridgehead atoms. The highest BCUT2D eigenvalue weighted by atomic mass is 32.1. The molecule has 1 aromatic heterocycles. The third-order valence-corrected chi connectivity index (χ3v) is 6.33. The zero-order valence-corrected chi connectivity index (χ0v) is 16.2. The van der Waals surface area contributed by atoms with E-state index in [4.69, 9.17) is 0 Å². The highest BCUT2D eigenvalue weighted by molar-refractivity contribution is 7.09. The van der Waals surface area contributed by atoms with Crippen molar-refractivity contribution in [3.63, 3.8) is 0 Å². The van der Waals surface area contributed by atoms with Crippen molar-refractivity contribution < 1.29 is 9.59 Å². The summed E-state index contributed by atoms with van der Waals surface area (Å²) in [6, 6.07) is 12.6. The predicted molar refractivity (Wildman–Crippen MR) is 109 cm³/mol. The van der Waals surface area contributed by atoms with Crippen molar-refractivity contribution in [2.45, 2.75) is 38.1 Å². The molecule has 3 heterocycles. The van der Waals surface area contributed by atoms with Crippen LogP contribution in [-0.4, -0.2) is 37.5 Å². The van der Waals surface area contributed by atoms with Crippen LogP contribution in [0.1, 0.15) is 30.6 Å². The number of hydrogen-bond acceptors (Lipinski definition) is 4. The third-order valence-electron chi connectivity index (χ3n) is 5.39. The summed E-state index contributed by atoms with van der Waals surface area (Å²) >= 11 is 1.70. The molecule has 2 aliphatic heterocycles. The van der Waals surface area contributed by atoms with Gasteiger partial charge in [-0.05, 0) is 42.8 Å². The largest absolute Gasteiger partial charge is 0.365 e. The van der Waals surface area contributed by atoms with E-state index in [-0.39, 0.29) is 24.7 Å². The van der Waals surface area contributed by atoms with Crippen LogP contribution in [0.2, 0.25) is 0 Å². The van der Waals surface area contributed by atoms with Crippen LogP contribution in [0.3, 0.4) is 0 Å². The van der Waals surface area contributed by atoms with Crippen molar-refractivity contribution in [2.75, 3.05) is 29.4 Å². The first-order valence-electron chi connectivity index (χ1n) is 9.67. The van der Waals surface area contributed by atoms with Crippen molar-refractivity contribution in [3.05, 3.63) is 46.7 Å². The number of rotatable bonds is 6. The quantitative estimate of drug-likeness (QED) is 0.833. The lowest BCUT2D eigenvalue weighted by Crippen LogP contribution is -2.48. The molecule has 2 aliphatic rings. The number of anilines is 2. The predicted octanol–water partition coefficient (Wildman–Crippen LogP) is 3.20. The zero-order valence-electron chi connectivity index (χ0n) is 15.4. The number of nitrogens with zero attached hydrogens (tertiary/aromatic N) is 2. The number of thiophene rings is 1. The van der Waals surface area contributed by atoms with Gasteiger partial charge in [0, 0.05) is 43.4 Å². The summed E-state index contributed by atoms with van der Waals surface area (Å²) in [5.74, 6) is -0.00454. The molecule has 1 aromatic carbocycles. The van der Waals surface area contributed by atoms with Gasteiger partial charge in [-0.15, -0.1) is 11.3 Å². The molecule has 0 unspecified atom stereocenters. The van der Waals surface area contributed by atoms with E-state index in [1.165, 1.54) is 11.3 Å². The minimum Gasteiger partial charge on any atom is -0.365 e. The lowest BCUT2D eigenvalue weighted by molar-refractivity contribution is -0.125. The van der Waals surface area contributed by atoms with Gasteiger partial charge in [-0.25, -0.2) is 0 Å². The summed E-state index contributed by atoms with van der Waals surface area (Å²) in [4.78, 5) is 30.5. The lowest BCUT2D eigenvalue weighted by atomic mass is 10.1. The molecular weight excluding hydrogens is 358 g/mol. The smallest absolute Gasteiger partial charge is 0.227 e. The number of carbonyl (C=O) groups excluding carboxylic acids is 2. The molecule has 0 spiro atoms. The Labute approximate surface area is 164 Å². The van der Waals surface area contributed by atoms with E-state index in [2.05, 4.69) is 22.3 Å². The Morgan fingerprint density at radius 3 is 2.78 bits per heavy atom. The third kappa shape index (κ3) is 4.00. The monoisotopic (exact) mass is 383 g/mol. The average molecular weight is 384 g/mol. The summed E-state index contributed by atoms with van der Waals surface area (Å²) in [6.07, 6.45) is 3.64. The van der Waals surface area contributed by atoms with Crippen LogP contribution < -0.4 is 15.1 Å². The minimum atomic E-state index is -0.0484. The zero-order chi connectivity index (χ0) is 18.6. The number of hydrogen-bond donors (Lipinski definition) is 1. The molecule has 1 N–H and O–H groups in total. The van der Waals surface area contributed by atoms with Gasteiger partial charge < -0.3 is 15.1 Å². The van der Waals surface area contributed by atoms with Crippen molar-refractivity contribution in [1.29, 1.82) is 0 Å². The Kier molecular flexibility index (Phi) is 5.43. The molecule has 5 nitrogen and oxygen atoms in total. The molecular formula is C21H25N3O2S. The highest BCUT2D eigenvalue weighted by Crippen LogP contribution is 2.39. The Morgan fingerprint density at radius 2 is 1.96 bits per heavy atom. The molecule has 2 aromatic rings. The second-order valence-corrected chi connectivity index (χ2v) is 8.19. The SMILES string of the molecule is O=C(CCC(=O)N1C[C@H]2CCCN2c2ccccc21)NCCc1cccs1. The molecule has 1 fully saturated rings. The maximum Gasteiger partial charge on any atom is 0.227 e. The van der Waals surface area contributed by atoms with Gasteiger partial charge in [0.05, 0.1) is 11.4 Å². The number of benzene rings is 1. The standard InChI is InChI=1S/C21H25N3O2S/c25-20(22-12-11-17-6-4-14-27-17)9-10-21(26)24-15-16-5-3-13-23(16)18-7-1-2-8-19(18)24/h1-2,4,6-8,14,16H,3,5,9-13,15H2,(H,22,25)/t16-/m1/s1. The molecule has 1 saturated heterocycles. The van der Waals surface area contributed by atoms with Gasteiger partial charge in [-0.3, -0.25) is 9.59 Å². The molecule has 0 aliphatic carbocycles. The number of nitrogens with one attached hydrogen (secondary N) is 1. The van der Waals surface area contributed by atoms with E-state index in [0.717, 1.165) is 37.3 Å². The molecule has 0 saturated carbocycles. The summed E-state index contributed by atoms with van der Waals surface area (Å²) in [6.45, 7) is 2.42. The second kappa shape index (κ2) is 8.13. The Hall–Kier alpha value is -2.34. The Balaban J connectivity index is 1.31. The Bertz CT molecular complexity index is 806. The van der Waals surface area contributed by atoms with Gasteiger partial charge in [0.2, 0.25) is 11.8 Å². The molecule has 4 rings (SSSR count). The fourth-order valence-electron chi connectivity index (χ4n) is 4.05. The van der Waals surface area contributed by atoms with Crippen LogP contribution in [0.5, 0.6) is 0 Å². The van der Waals surface area contributed by atoms with E-state index in [0.29, 0.717) is 12.6 Å². The van der Waals surface area contributed by atoms with Crippen molar-refractivity contribution in [3.8, 4) is 0 Å². The van der Waals surface area contributed by atoms with Crippen LogP contribution in [0, 0.1) is 0 Å².